The molecule has 0 aliphatic carbocycles. The maximum absolute atomic E-state index is 12.0. The van der Waals surface area contributed by atoms with E-state index in [0.29, 0.717) is 10.9 Å². The molecule has 7 heteroatoms. The summed E-state index contributed by atoms with van der Waals surface area (Å²) in [4.78, 5) is 12.0. The topological polar surface area (TPSA) is 69.0 Å². The van der Waals surface area contributed by atoms with Crippen molar-refractivity contribution in [2.24, 2.45) is 0 Å². The molecule has 1 heterocycles. The van der Waals surface area contributed by atoms with Gasteiger partial charge in [-0.2, -0.15) is 0 Å². The van der Waals surface area contributed by atoms with Gasteiger partial charge in [0.25, 0.3) is 0 Å². The maximum atomic E-state index is 12.0. The van der Waals surface area contributed by atoms with E-state index >= 15 is 0 Å². The van der Waals surface area contributed by atoms with Crippen molar-refractivity contribution < 1.29 is 9.53 Å². The lowest BCUT2D eigenvalue weighted by atomic mass is 10.2. The van der Waals surface area contributed by atoms with E-state index in [4.69, 9.17) is 4.74 Å². The smallest absolute Gasteiger partial charge is 0.230 e. The third kappa shape index (κ3) is 4.72. The molecule has 6 nitrogen and oxygen atoms in total. The summed E-state index contributed by atoms with van der Waals surface area (Å²) >= 11 is 1.36. The number of aromatic nitrogens is 3. The third-order valence-corrected chi connectivity index (χ3v) is 4.27. The van der Waals surface area contributed by atoms with Crippen LogP contribution >= 0.6 is 11.8 Å². The molecule has 1 N–H and O–H groups in total. The largest absolute Gasteiger partial charge is 0.495 e. The van der Waals surface area contributed by atoms with Crippen molar-refractivity contribution in [1.82, 2.24) is 20.1 Å². The second kappa shape index (κ2) is 8.57. The SMILES string of the molecule is CCCC(C)NC(=O)CSc1nncn1-c1ccccc1OC. The van der Waals surface area contributed by atoms with Crippen LogP contribution in [0.5, 0.6) is 5.75 Å². The molecule has 0 saturated carbocycles. The van der Waals surface area contributed by atoms with Crippen molar-refractivity contribution in [2.75, 3.05) is 12.9 Å². The first-order chi connectivity index (χ1) is 11.2. The Morgan fingerprint density at radius 1 is 1.43 bits per heavy atom. The Balaban J connectivity index is 2.03. The van der Waals surface area contributed by atoms with Crippen LogP contribution in [0.3, 0.4) is 0 Å². The molecule has 1 aromatic carbocycles. The molecular weight excluding hydrogens is 312 g/mol. The van der Waals surface area contributed by atoms with Gasteiger partial charge >= 0.3 is 0 Å². The van der Waals surface area contributed by atoms with Gasteiger partial charge < -0.3 is 10.1 Å². The Hall–Kier alpha value is -2.02. The number of methoxy groups -OCH3 is 1. The summed E-state index contributed by atoms with van der Waals surface area (Å²) in [5.41, 5.74) is 0.849. The van der Waals surface area contributed by atoms with Gasteiger partial charge in [0.15, 0.2) is 5.16 Å². The summed E-state index contributed by atoms with van der Waals surface area (Å²) in [6.07, 6.45) is 3.66. The summed E-state index contributed by atoms with van der Waals surface area (Å²) in [6, 6.07) is 7.83. The Morgan fingerprint density at radius 3 is 2.96 bits per heavy atom. The highest BCUT2D eigenvalue weighted by molar-refractivity contribution is 7.99. The summed E-state index contributed by atoms with van der Waals surface area (Å²) in [6.45, 7) is 4.12. The van der Waals surface area contributed by atoms with E-state index in [0.717, 1.165) is 24.3 Å². The standard InChI is InChI=1S/C16H22N4O2S/c1-4-7-12(2)18-15(21)10-23-16-19-17-11-20(16)13-8-5-6-9-14(13)22-3/h5-6,8-9,11-12H,4,7,10H2,1-3H3,(H,18,21). The number of hydrogen-bond donors (Lipinski definition) is 1. The van der Waals surface area contributed by atoms with Gasteiger partial charge in [-0.25, -0.2) is 0 Å². The van der Waals surface area contributed by atoms with E-state index in [1.165, 1.54) is 11.8 Å². The zero-order valence-corrected chi connectivity index (χ0v) is 14.5. The van der Waals surface area contributed by atoms with Crippen LogP contribution in [0.15, 0.2) is 35.7 Å². The molecule has 124 valence electrons. The van der Waals surface area contributed by atoms with E-state index in [9.17, 15) is 4.79 Å². The number of ether oxygens (including phenoxy) is 1. The fraction of sp³-hybridized carbons (Fsp3) is 0.438. The van der Waals surface area contributed by atoms with Gasteiger partial charge in [0.1, 0.15) is 12.1 Å². The Kier molecular flexibility index (Phi) is 6.46. The molecule has 0 aliphatic rings. The summed E-state index contributed by atoms with van der Waals surface area (Å²) in [5.74, 6) is 1.04. The number of rotatable bonds is 8. The number of thioether (sulfide) groups is 1. The van der Waals surface area contributed by atoms with E-state index in [2.05, 4.69) is 22.4 Å². The lowest BCUT2D eigenvalue weighted by molar-refractivity contribution is -0.119. The zero-order chi connectivity index (χ0) is 16.7. The van der Waals surface area contributed by atoms with Crippen molar-refractivity contribution >= 4 is 17.7 Å². The third-order valence-electron chi connectivity index (χ3n) is 3.32. The van der Waals surface area contributed by atoms with Crippen LogP contribution in [-0.4, -0.2) is 39.6 Å². The van der Waals surface area contributed by atoms with Crippen LogP contribution in [0.2, 0.25) is 0 Å². The highest BCUT2D eigenvalue weighted by atomic mass is 32.2. The van der Waals surface area contributed by atoms with Crippen molar-refractivity contribution in [1.29, 1.82) is 0 Å². The lowest BCUT2D eigenvalue weighted by Crippen LogP contribution is -2.33. The van der Waals surface area contributed by atoms with Crippen LogP contribution in [0.25, 0.3) is 5.69 Å². The number of carbonyl (C=O) groups is 1. The summed E-state index contributed by atoms with van der Waals surface area (Å²) < 4.78 is 7.19. The Bertz CT molecular complexity index is 645. The van der Waals surface area contributed by atoms with E-state index in [-0.39, 0.29) is 11.9 Å². The van der Waals surface area contributed by atoms with Crippen molar-refractivity contribution in [3.8, 4) is 11.4 Å². The second-order valence-electron chi connectivity index (χ2n) is 5.20. The molecule has 0 bridgehead atoms. The van der Waals surface area contributed by atoms with E-state index < -0.39 is 0 Å². The number of nitrogens with one attached hydrogen (secondary N) is 1. The van der Waals surface area contributed by atoms with Gasteiger partial charge in [-0.15, -0.1) is 10.2 Å². The molecule has 0 saturated heterocycles. The molecule has 1 atom stereocenters. The lowest BCUT2D eigenvalue weighted by Gasteiger charge is -2.13. The number of amides is 1. The average molecular weight is 334 g/mol. The molecule has 2 rings (SSSR count). The van der Waals surface area contributed by atoms with Gasteiger partial charge in [0.2, 0.25) is 5.91 Å². The minimum Gasteiger partial charge on any atom is -0.495 e. The number of carbonyl (C=O) groups excluding carboxylic acids is 1. The van der Waals surface area contributed by atoms with Crippen LogP contribution in [0.1, 0.15) is 26.7 Å². The van der Waals surface area contributed by atoms with E-state index in [1.807, 2.05) is 35.8 Å². The minimum absolute atomic E-state index is 0.00512. The summed E-state index contributed by atoms with van der Waals surface area (Å²) in [7, 11) is 1.62. The van der Waals surface area contributed by atoms with Crippen molar-refractivity contribution in [3.05, 3.63) is 30.6 Å². The van der Waals surface area contributed by atoms with Gasteiger partial charge in [0.05, 0.1) is 18.6 Å². The van der Waals surface area contributed by atoms with Crippen LogP contribution in [0.4, 0.5) is 0 Å². The molecular formula is C16H22N4O2S. The molecule has 1 amide bonds. The van der Waals surface area contributed by atoms with Gasteiger partial charge in [-0.1, -0.05) is 37.2 Å². The van der Waals surface area contributed by atoms with Gasteiger partial charge in [-0.3, -0.25) is 9.36 Å². The first-order valence-electron chi connectivity index (χ1n) is 7.61. The molecule has 0 radical (unpaired) electrons. The Morgan fingerprint density at radius 2 is 2.22 bits per heavy atom. The number of nitrogens with zero attached hydrogens (tertiary/aromatic N) is 3. The van der Waals surface area contributed by atoms with Gasteiger partial charge in [-0.05, 0) is 25.5 Å². The van der Waals surface area contributed by atoms with E-state index in [1.54, 1.807) is 13.4 Å². The molecule has 23 heavy (non-hydrogen) atoms. The fourth-order valence-corrected chi connectivity index (χ4v) is 3.00. The zero-order valence-electron chi connectivity index (χ0n) is 13.7. The van der Waals surface area contributed by atoms with Crippen LogP contribution < -0.4 is 10.1 Å². The number of para-hydroxylation sites is 2. The normalized spacial score (nSPS) is 12.0. The predicted molar refractivity (Wildman–Crippen MR) is 91.1 cm³/mol. The number of hydrogen-bond acceptors (Lipinski definition) is 5. The second-order valence-corrected chi connectivity index (χ2v) is 6.14. The molecule has 0 spiro atoms. The predicted octanol–water partition coefficient (Wildman–Crippen LogP) is 2.67. The highest BCUT2D eigenvalue weighted by Crippen LogP contribution is 2.26. The molecule has 1 unspecified atom stereocenters. The Labute approximate surface area is 140 Å². The number of benzene rings is 1. The summed E-state index contributed by atoms with van der Waals surface area (Å²) in [5, 5.41) is 11.7. The van der Waals surface area contributed by atoms with Gasteiger partial charge in [0, 0.05) is 6.04 Å². The fourth-order valence-electron chi connectivity index (χ4n) is 2.27. The molecule has 0 fully saturated rings. The molecule has 1 aromatic heterocycles. The highest BCUT2D eigenvalue weighted by Gasteiger charge is 2.13. The quantitative estimate of drug-likeness (QED) is 0.752. The maximum Gasteiger partial charge on any atom is 0.230 e. The molecule has 0 aliphatic heterocycles. The average Bonchev–Trinajstić information content (AvgIpc) is 3.01. The van der Waals surface area contributed by atoms with Crippen molar-refractivity contribution in [3.63, 3.8) is 0 Å². The first-order valence-corrected chi connectivity index (χ1v) is 8.59. The minimum atomic E-state index is 0.00512. The first kappa shape index (κ1) is 17.3. The van der Waals surface area contributed by atoms with Crippen LogP contribution in [0, 0.1) is 0 Å². The van der Waals surface area contributed by atoms with Crippen molar-refractivity contribution in [2.45, 2.75) is 37.9 Å². The van der Waals surface area contributed by atoms with Crippen LogP contribution in [-0.2, 0) is 4.79 Å². The molecule has 2 aromatic rings. The monoisotopic (exact) mass is 334 g/mol.